The molecule has 0 radical (unpaired) electrons. The van der Waals surface area contributed by atoms with Crippen LogP contribution in [-0.4, -0.2) is 54.6 Å². The molecule has 2 N–H and O–H groups in total. The van der Waals surface area contributed by atoms with Crippen LogP contribution < -0.4 is 10.6 Å². The molecule has 0 aromatic heterocycles. The van der Waals surface area contributed by atoms with Gasteiger partial charge in [-0.2, -0.15) is 0 Å². The van der Waals surface area contributed by atoms with Gasteiger partial charge in [0.05, 0.1) is 13.7 Å². The number of likely N-dealkylation sites (tertiary alicyclic amines) is 1. The number of ether oxygens (including phenoxy) is 1. The third kappa shape index (κ3) is 4.55. The number of hydrogen-bond acceptors (Lipinski definition) is 5. The van der Waals surface area contributed by atoms with Crippen molar-refractivity contribution >= 4 is 17.9 Å². The number of amides is 3. The van der Waals surface area contributed by atoms with E-state index in [1.54, 1.807) is 0 Å². The lowest BCUT2D eigenvalue weighted by Crippen LogP contribution is -2.51. The van der Waals surface area contributed by atoms with Gasteiger partial charge in [0.2, 0.25) is 5.91 Å². The van der Waals surface area contributed by atoms with E-state index in [2.05, 4.69) is 10.6 Å². The molecule has 0 spiro atoms. The summed E-state index contributed by atoms with van der Waals surface area (Å²) in [5.74, 6) is -0.186. The quantitative estimate of drug-likeness (QED) is 0.744. The predicted octanol–water partition coefficient (Wildman–Crippen LogP) is 1.95. The standard InChI is InChI=1S/C19H31N3O4/c1-26-18(24)16-11-13-7-5-6-10-15(13)22(16)12-17(23)21-19(25)20-14-8-3-2-4-9-14/h13-16H,2-12H2,1H3,(H2,20,21,23,25)/t13-,15+,16+/m1/s1. The van der Waals surface area contributed by atoms with Crippen molar-refractivity contribution < 1.29 is 19.1 Å². The Bertz CT molecular complexity index is 533. The van der Waals surface area contributed by atoms with E-state index in [4.69, 9.17) is 4.74 Å². The first kappa shape index (κ1) is 19.1. The molecule has 0 aromatic rings. The fourth-order valence-corrected chi connectivity index (χ4v) is 4.95. The average molecular weight is 365 g/mol. The van der Waals surface area contributed by atoms with Gasteiger partial charge in [-0.25, -0.2) is 4.79 Å². The number of hydrogen-bond donors (Lipinski definition) is 2. The van der Waals surface area contributed by atoms with Crippen LogP contribution in [0.15, 0.2) is 0 Å². The third-order valence-corrected chi connectivity index (χ3v) is 6.21. The summed E-state index contributed by atoms with van der Waals surface area (Å²) in [6, 6.07) is -0.398. The molecular weight excluding hydrogens is 334 g/mol. The Morgan fingerprint density at radius 2 is 1.69 bits per heavy atom. The number of rotatable bonds is 4. The van der Waals surface area contributed by atoms with Crippen molar-refractivity contribution in [3.05, 3.63) is 0 Å². The Labute approximate surface area is 155 Å². The highest BCUT2D eigenvalue weighted by Crippen LogP contribution is 2.39. The molecule has 1 heterocycles. The molecule has 2 saturated carbocycles. The molecule has 0 unspecified atom stereocenters. The van der Waals surface area contributed by atoms with Gasteiger partial charge >= 0.3 is 12.0 Å². The van der Waals surface area contributed by atoms with Crippen LogP contribution in [0.2, 0.25) is 0 Å². The molecule has 3 rings (SSSR count). The van der Waals surface area contributed by atoms with Crippen LogP contribution in [0.5, 0.6) is 0 Å². The normalized spacial score (nSPS) is 29.7. The van der Waals surface area contributed by atoms with Crippen LogP contribution in [-0.2, 0) is 14.3 Å². The maximum absolute atomic E-state index is 12.4. The molecule has 7 heteroatoms. The molecule has 0 bridgehead atoms. The van der Waals surface area contributed by atoms with Crippen LogP contribution >= 0.6 is 0 Å². The molecular formula is C19H31N3O4. The van der Waals surface area contributed by atoms with Crippen molar-refractivity contribution in [2.75, 3.05) is 13.7 Å². The highest BCUT2D eigenvalue weighted by molar-refractivity contribution is 5.95. The molecule has 1 saturated heterocycles. The van der Waals surface area contributed by atoms with Crippen molar-refractivity contribution in [1.29, 1.82) is 0 Å². The summed E-state index contributed by atoms with van der Waals surface area (Å²) < 4.78 is 4.94. The Kier molecular flexibility index (Phi) is 6.51. The second kappa shape index (κ2) is 8.84. The first-order chi connectivity index (χ1) is 12.6. The molecule has 2 aliphatic carbocycles. The Balaban J connectivity index is 1.55. The van der Waals surface area contributed by atoms with Crippen molar-refractivity contribution in [2.24, 2.45) is 5.92 Å². The lowest BCUT2D eigenvalue weighted by Gasteiger charge is -2.32. The van der Waals surface area contributed by atoms with Gasteiger partial charge in [0.25, 0.3) is 0 Å². The van der Waals surface area contributed by atoms with Crippen molar-refractivity contribution in [2.45, 2.75) is 82.3 Å². The molecule has 3 aliphatic rings. The van der Waals surface area contributed by atoms with Crippen LogP contribution in [0, 0.1) is 5.92 Å². The van der Waals surface area contributed by atoms with Crippen molar-refractivity contribution in [1.82, 2.24) is 15.5 Å². The van der Waals surface area contributed by atoms with Gasteiger partial charge in [-0.1, -0.05) is 32.1 Å². The first-order valence-corrected chi connectivity index (χ1v) is 10.0. The van der Waals surface area contributed by atoms with Crippen molar-refractivity contribution in [3.63, 3.8) is 0 Å². The number of carbonyl (C=O) groups excluding carboxylic acids is 3. The average Bonchev–Trinajstić information content (AvgIpc) is 3.00. The summed E-state index contributed by atoms with van der Waals surface area (Å²) in [5.41, 5.74) is 0. The summed E-state index contributed by atoms with van der Waals surface area (Å²) in [6.45, 7) is 0.0685. The van der Waals surface area contributed by atoms with E-state index in [-0.39, 0.29) is 36.5 Å². The van der Waals surface area contributed by atoms with Crippen LogP contribution in [0.1, 0.15) is 64.2 Å². The molecule has 3 atom stereocenters. The van der Waals surface area contributed by atoms with E-state index in [9.17, 15) is 14.4 Å². The Morgan fingerprint density at radius 3 is 2.42 bits per heavy atom. The topological polar surface area (TPSA) is 87.7 Å². The summed E-state index contributed by atoms with van der Waals surface area (Å²) in [4.78, 5) is 38.6. The lowest BCUT2D eigenvalue weighted by atomic mass is 9.85. The zero-order chi connectivity index (χ0) is 18.5. The summed E-state index contributed by atoms with van der Waals surface area (Å²) in [5, 5.41) is 5.34. The fraction of sp³-hybridized carbons (Fsp3) is 0.842. The van der Waals surface area contributed by atoms with Gasteiger partial charge in [0, 0.05) is 12.1 Å². The molecule has 0 aromatic carbocycles. The second-order valence-corrected chi connectivity index (χ2v) is 7.92. The third-order valence-electron chi connectivity index (χ3n) is 6.21. The van der Waals surface area contributed by atoms with Gasteiger partial charge < -0.3 is 10.1 Å². The van der Waals surface area contributed by atoms with Crippen LogP contribution in [0.3, 0.4) is 0 Å². The van der Waals surface area contributed by atoms with E-state index in [0.29, 0.717) is 5.92 Å². The van der Waals surface area contributed by atoms with Gasteiger partial charge in [0.15, 0.2) is 0 Å². The maximum Gasteiger partial charge on any atom is 0.323 e. The minimum Gasteiger partial charge on any atom is -0.468 e. The highest BCUT2D eigenvalue weighted by atomic mass is 16.5. The number of imide groups is 1. The number of esters is 1. The Morgan fingerprint density at radius 1 is 1.00 bits per heavy atom. The molecule has 3 fully saturated rings. The summed E-state index contributed by atoms with van der Waals surface area (Å²) >= 11 is 0. The SMILES string of the molecule is COC(=O)[C@@H]1C[C@H]2CCCC[C@@H]2N1CC(=O)NC(=O)NC1CCCCC1. The van der Waals surface area contributed by atoms with Crippen molar-refractivity contribution in [3.8, 4) is 0 Å². The predicted molar refractivity (Wildman–Crippen MR) is 96.4 cm³/mol. The number of carbonyl (C=O) groups is 3. The van der Waals surface area contributed by atoms with E-state index < -0.39 is 6.03 Å². The minimum absolute atomic E-state index is 0.0685. The Hall–Kier alpha value is -1.63. The molecule has 1 aliphatic heterocycles. The number of fused-ring (bicyclic) bond motifs is 1. The summed E-state index contributed by atoms with van der Waals surface area (Å²) in [7, 11) is 1.39. The van der Waals surface area contributed by atoms with E-state index in [1.807, 2.05) is 4.90 Å². The first-order valence-electron chi connectivity index (χ1n) is 10.0. The van der Waals surface area contributed by atoms with Gasteiger partial charge in [-0.3, -0.25) is 19.8 Å². The monoisotopic (exact) mass is 365 g/mol. The smallest absolute Gasteiger partial charge is 0.323 e. The van der Waals surface area contributed by atoms with Crippen LogP contribution in [0.4, 0.5) is 4.79 Å². The van der Waals surface area contributed by atoms with Gasteiger partial charge in [-0.15, -0.1) is 0 Å². The maximum atomic E-state index is 12.4. The van der Waals surface area contributed by atoms with Gasteiger partial charge in [0.1, 0.15) is 6.04 Å². The van der Waals surface area contributed by atoms with Gasteiger partial charge in [-0.05, 0) is 38.0 Å². The van der Waals surface area contributed by atoms with E-state index in [1.165, 1.54) is 20.0 Å². The van der Waals surface area contributed by atoms with E-state index in [0.717, 1.165) is 51.4 Å². The largest absolute Gasteiger partial charge is 0.468 e. The zero-order valence-electron chi connectivity index (χ0n) is 15.7. The number of nitrogens with one attached hydrogen (secondary N) is 2. The lowest BCUT2D eigenvalue weighted by molar-refractivity contribution is -0.146. The van der Waals surface area contributed by atoms with E-state index >= 15 is 0 Å². The zero-order valence-corrected chi connectivity index (χ0v) is 15.7. The second-order valence-electron chi connectivity index (χ2n) is 7.92. The minimum atomic E-state index is -0.420. The number of urea groups is 1. The highest BCUT2D eigenvalue weighted by Gasteiger charge is 2.46. The number of nitrogens with zero attached hydrogens (tertiary/aromatic N) is 1. The summed E-state index contributed by atoms with van der Waals surface area (Å²) in [6.07, 6.45) is 10.5. The van der Waals surface area contributed by atoms with Crippen LogP contribution in [0.25, 0.3) is 0 Å². The number of methoxy groups -OCH3 is 1. The molecule has 7 nitrogen and oxygen atoms in total. The fourth-order valence-electron chi connectivity index (χ4n) is 4.95. The molecule has 146 valence electrons. The molecule has 3 amide bonds. The molecule has 26 heavy (non-hydrogen) atoms.